The highest BCUT2D eigenvalue weighted by atomic mass is 15.1. The van der Waals surface area contributed by atoms with Crippen LogP contribution in [0.3, 0.4) is 0 Å². The number of para-hydroxylation sites is 3. The second kappa shape index (κ2) is 13.2. The Kier molecular flexibility index (Phi) is 7.61. The van der Waals surface area contributed by atoms with Gasteiger partial charge in [-0.2, -0.15) is 0 Å². The van der Waals surface area contributed by atoms with Crippen molar-refractivity contribution in [2.24, 2.45) is 0 Å². The van der Waals surface area contributed by atoms with E-state index in [0.29, 0.717) is 0 Å². The zero-order chi connectivity index (χ0) is 40.0. The fraction of sp³-hybridized carbons (Fsp3) is 0.0517. The molecule has 10 aromatic carbocycles. The van der Waals surface area contributed by atoms with E-state index in [1.54, 1.807) is 0 Å². The van der Waals surface area contributed by atoms with Crippen LogP contribution < -0.4 is 0 Å². The lowest BCUT2D eigenvalue weighted by Gasteiger charge is -2.23. The number of rotatable bonds is 5. The highest BCUT2D eigenvalue weighted by Gasteiger charge is 2.37. The minimum Gasteiger partial charge on any atom is -0.292 e. The molecule has 282 valence electrons. The van der Waals surface area contributed by atoms with Crippen LogP contribution in [-0.4, -0.2) is 9.55 Å². The molecule has 2 heteroatoms. The van der Waals surface area contributed by atoms with Crippen molar-refractivity contribution < 1.29 is 0 Å². The Hall–Kier alpha value is -7.55. The van der Waals surface area contributed by atoms with Crippen LogP contribution in [0.2, 0.25) is 0 Å². The molecule has 0 unspecified atom stereocenters. The van der Waals surface area contributed by atoms with E-state index < -0.39 is 0 Å². The Morgan fingerprint density at radius 3 is 1.82 bits per heavy atom. The average molecular weight is 765 g/mol. The predicted octanol–water partition coefficient (Wildman–Crippen LogP) is 15.5. The molecule has 12 rings (SSSR count). The number of nitrogens with zero attached hydrogens (tertiary/aromatic N) is 2. The van der Waals surface area contributed by atoms with Crippen molar-refractivity contribution in [1.82, 2.24) is 9.55 Å². The summed E-state index contributed by atoms with van der Waals surface area (Å²) in [6.07, 6.45) is 0. The van der Waals surface area contributed by atoms with Crippen molar-refractivity contribution in [3.63, 3.8) is 0 Å². The maximum absolute atomic E-state index is 5.18. The van der Waals surface area contributed by atoms with E-state index in [2.05, 4.69) is 225 Å². The number of aromatic nitrogens is 2. The molecule has 0 bridgehead atoms. The fourth-order valence-corrected chi connectivity index (χ4v) is 10.2. The van der Waals surface area contributed by atoms with Gasteiger partial charge in [-0.3, -0.25) is 4.57 Å². The molecule has 2 nitrogen and oxygen atoms in total. The van der Waals surface area contributed by atoms with Crippen molar-refractivity contribution in [2.75, 3.05) is 0 Å². The normalized spacial score (nSPS) is 13.0. The first-order chi connectivity index (χ1) is 29.5. The molecular formula is C58H40N2. The second-order valence-corrected chi connectivity index (χ2v) is 16.7. The molecule has 0 saturated heterocycles. The van der Waals surface area contributed by atoms with E-state index in [1.807, 2.05) is 0 Å². The lowest BCUT2D eigenvalue weighted by molar-refractivity contribution is 0.660. The van der Waals surface area contributed by atoms with Crippen LogP contribution in [0.4, 0.5) is 0 Å². The van der Waals surface area contributed by atoms with E-state index in [4.69, 9.17) is 4.98 Å². The predicted molar refractivity (Wildman–Crippen MR) is 253 cm³/mol. The van der Waals surface area contributed by atoms with Gasteiger partial charge in [-0.05, 0) is 118 Å². The van der Waals surface area contributed by atoms with Crippen LogP contribution in [0.1, 0.15) is 25.0 Å². The molecule has 1 heterocycles. The third kappa shape index (κ3) is 5.11. The standard InChI is InChI=1S/C58H40N2/c1-58(2)50-26-11-10-23-47(50)56-48(25-15-27-51(56)58)55-45-22-9-8-21-44(45)54(46-35-34-40(36-49(46)55)43-24-14-17-37-16-6-7-20-42(37)43)38-30-32-39(33-31-38)57-59-52-28-12-13-29-53(52)60(57)41-18-4-3-5-19-41/h3-36H,1-2H3. The first-order valence-electron chi connectivity index (χ1n) is 20.9. The van der Waals surface area contributed by atoms with E-state index in [9.17, 15) is 0 Å². The number of imidazole rings is 1. The summed E-state index contributed by atoms with van der Waals surface area (Å²) in [6, 6.07) is 75.6. The monoisotopic (exact) mass is 764 g/mol. The fourth-order valence-electron chi connectivity index (χ4n) is 10.2. The number of hydrogen-bond donors (Lipinski definition) is 0. The lowest BCUT2D eigenvalue weighted by atomic mass is 9.80. The third-order valence-electron chi connectivity index (χ3n) is 13.0. The number of benzene rings is 10. The quantitative estimate of drug-likeness (QED) is 0.160. The maximum Gasteiger partial charge on any atom is 0.145 e. The van der Waals surface area contributed by atoms with Crippen LogP contribution in [0.25, 0.3) is 105 Å². The first kappa shape index (κ1) is 34.5. The van der Waals surface area contributed by atoms with Gasteiger partial charge in [0.15, 0.2) is 0 Å². The van der Waals surface area contributed by atoms with E-state index in [-0.39, 0.29) is 5.41 Å². The van der Waals surface area contributed by atoms with Crippen molar-refractivity contribution in [3.05, 3.63) is 217 Å². The third-order valence-corrected chi connectivity index (χ3v) is 13.0. The molecule has 0 radical (unpaired) electrons. The molecule has 1 aromatic heterocycles. The van der Waals surface area contributed by atoms with E-state index in [1.165, 1.54) is 88.0 Å². The van der Waals surface area contributed by atoms with Crippen LogP contribution in [0, 0.1) is 0 Å². The highest BCUT2D eigenvalue weighted by molar-refractivity contribution is 6.23. The van der Waals surface area contributed by atoms with Gasteiger partial charge in [0.2, 0.25) is 0 Å². The van der Waals surface area contributed by atoms with Crippen molar-refractivity contribution in [2.45, 2.75) is 19.3 Å². The SMILES string of the molecule is CC1(C)c2ccccc2-c2c(-c3c4ccccc4c(-c4ccc(-c5nc6ccccc6n5-c5ccccc5)cc4)c4ccc(-c5cccc6ccccc56)cc34)cccc21. The largest absolute Gasteiger partial charge is 0.292 e. The molecular weight excluding hydrogens is 725 g/mol. The van der Waals surface area contributed by atoms with Gasteiger partial charge in [-0.1, -0.05) is 190 Å². The Balaban J connectivity index is 1.13. The molecule has 60 heavy (non-hydrogen) atoms. The van der Waals surface area contributed by atoms with Gasteiger partial charge in [0.1, 0.15) is 5.82 Å². The Morgan fingerprint density at radius 2 is 0.967 bits per heavy atom. The topological polar surface area (TPSA) is 17.8 Å². The van der Waals surface area contributed by atoms with Gasteiger partial charge >= 0.3 is 0 Å². The first-order valence-corrected chi connectivity index (χ1v) is 20.9. The maximum atomic E-state index is 5.18. The van der Waals surface area contributed by atoms with Gasteiger partial charge in [-0.15, -0.1) is 0 Å². The Morgan fingerprint density at radius 1 is 0.383 bits per heavy atom. The molecule has 0 saturated carbocycles. The summed E-state index contributed by atoms with van der Waals surface area (Å²) < 4.78 is 2.27. The molecule has 0 atom stereocenters. The molecule has 11 aromatic rings. The summed E-state index contributed by atoms with van der Waals surface area (Å²) in [5.41, 5.74) is 17.0. The zero-order valence-corrected chi connectivity index (χ0v) is 33.5. The highest BCUT2D eigenvalue weighted by Crippen LogP contribution is 2.55. The number of fused-ring (bicyclic) bond motifs is 7. The molecule has 0 fully saturated rings. The second-order valence-electron chi connectivity index (χ2n) is 16.7. The van der Waals surface area contributed by atoms with Gasteiger partial charge in [0, 0.05) is 16.7 Å². The van der Waals surface area contributed by atoms with Gasteiger partial charge in [-0.25, -0.2) is 4.98 Å². The van der Waals surface area contributed by atoms with E-state index in [0.717, 1.165) is 28.1 Å². The molecule has 0 N–H and O–H groups in total. The summed E-state index contributed by atoms with van der Waals surface area (Å²) >= 11 is 0. The van der Waals surface area contributed by atoms with Crippen molar-refractivity contribution in [3.8, 4) is 61.6 Å². The Labute approximate surface area is 349 Å². The molecule has 1 aliphatic carbocycles. The molecule has 0 aliphatic heterocycles. The summed E-state index contributed by atoms with van der Waals surface area (Å²) in [7, 11) is 0. The van der Waals surface area contributed by atoms with Gasteiger partial charge in [0.05, 0.1) is 11.0 Å². The van der Waals surface area contributed by atoms with Crippen molar-refractivity contribution >= 4 is 43.4 Å². The van der Waals surface area contributed by atoms with Crippen LogP contribution >= 0.6 is 0 Å². The molecule has 0 amide bonds. The van der Waals surface area contributed by atoms with E-state index >= 15 is 0 Å². The van der Waals surface area contributed by atoms with Gasteiger partial charge in [0.25, 0.3) is 0 Å². The Bertz CT molecular complexity index is 3490. The zero-order valence-electron chi connectivity index (χ0n) is 33.5. The summed E-state index contributed by atoms with van der Waals surface area (Å²) in [4.78, 5) is 5.18. The van der Waals surface area contributed by atoms with Crippen molar-refractivity contribution in [1.29, 1.82) is 0 Å². The smallest absolute Gasteiger partial charge is 0.145 e. The van der Waals surface area contributed by atoms with Crippen LogP contribution in [0.5, 0.6) is 0 Å². The molecule has 0 spiro atoms. The summed E-state index contributed by atoms with van der Waals surface area (Å²) in [5.74, 6) is 0.930. The van der Waals surface area contributed by atoms with Crippen LogP contribution in [-0.2, 0) is 5.41 Å². The lowest BCUT2D eigenvalue weighted by Crippen LogP contribution is -2.14. The molecule has 1 aliphatic rings. The van der Waals surface area contributed by atoms with Crippen LogP contribution in [0.15, 0.2) is 206 Å². The summed E-state index contributed by atoms with van der Waals surface area (Å²) in [6.45, 7) is 4.75. The summed E-state index contributed by atoms with van der Waals surface area (Å²) in [5, 5.41) is 7.48. The average Bonchev–Trinajstić information content (AvgIpc) is 3.81. The number of hydrogen-bond acceptors (Lipinski definition) is 1. The van der Waals surface area contributed by atoms with Gasteiger partial charge < -0.3 is 0 Å². The minimum absolute atomic E-state index is 0.107. The minimum atomic E-state index is -0.107.